The van der Waals surface area contributed by atoms with Gasteiger partial charge in [0, 0.05) is 18.0 Å². The molecule has 2 aromatic rings. The molecular weight excluding hydrogens is 299 g/mol. The van der Waals surface area contributed by atoms with Crippen LogP contribution in [0.5, 0.6) is 11.5 Å². The molecule has 21 heavy (non-hydrogen) atoms. The summed E-state index contributed by atoms with van der Waals surface area (Å²) >= 11 is 5.67. The summed E-state index contributed by atoms with van der Waals surface area (Å²) in [6.45, 7) is 0. The largest absolute Gasteiger partial charge is 0.449 e. The topological polar surface area (TPSA) is 76.2 Å². The van der Waals surface area contributed by atoms with E-state index < -0.39 is 10.7 Å². The predicted molar refractivity (Wildman–Crippen MR) is 73.8 cm³/mol. The molecule has 0 spiro atoms. The van der Waals surface area contributed by atoms with Crippen molar-refractivity contribution in [3.8, 4) is 17.6 Å². The molecule has 0 unspecified atom stereocenters. The number of nitrogens with zero attached hydrogens (tertiary/aromatic N) is 2. The Morgan fingerprint density at radius 2 is 2.05 bits per heavy atom. The summed E-state index contributed by atoms with van der Waals surface area (Å²) in [5.74, 6) is -0.628. The number of rotatable bonds is 4. The maximum Gasteiger partial charge on any atom is 0.311 e. The Labute approximate surface area is 124 Å². The first-order valence-corrected chi connectivity index (χ1v) is 6.29. The first-order valence-electron chi connectivity index (χ1n) is 5.76. The Bertz CT molecular complexity index is 743. The first kappa shape index (κ1) is 14.8. The van der Waals surface area contributed by atoms with E-state index in [-0.39, 0.29) is 28.6 Å². The van der Waals surface area contributed by atoms with Gasteiger partial charge < -0.3 is 4.74 Å². The van der Waals surface area contributed by atoms with Crippen LogP contribution >= 0.6 is 11.6 Å². The maximum atomic E-state index is 13.2. The van der Waals surface area contributed by atoms with Crippen molar-refractivity contribution < 1.29 is 14.1 Å². The van der Waals surface area contributed by atoms with Gasteiger partial charge in [0.2, 0.25) is 5.75 Å². The van der Waals surface area contributed by atoms with Crippen LogP contribution in [-0.4, -0.2) is 4.92 Å². The van der Waals surface area contributed by atoms with Crippen molar-refractivity contribution in [2.45, 2.75) is 5.88 Å². The Morgan fingerprint density at radius 3 is 2.67 bits per heavy atom. The lowest BCUT2D eigenvalue weighted by atomic mass is 10.1. The quantitative estimate of drug-likeness (QED) is 0.483. The van der Waals surface area contributed by atoms with Crippen LogP contribution in [0.2, 0.25) is 0 Å². The summed E-state index contributed by atoms with van der Waals surface area (Å²) in [6, 6.07) is 9.36. The Kier molecular flexibility index (Phi) is 4.36. The zero-order valence-electron chi connectivity index (χ0n) is 10.5. The van der Waals surface area contributed by atoms with Gasteiger partial charge in [-0.2, -0.15) is 5.26 Å². The lowest BCUT2D eigenvalue weighted by Crippen LogP contribution is -1.96. The molecule has 0 amide bonds. The number of ether oxygens (including phenoxy) is 1. The molecule has 0 radical (unpaired) electrons. The van der Waals surface area contributed by atoms with Gasteiger partial charge in [-0.3, -0.25) is 10.1 Å². The van der Waals surface area contributed by atoms with E-state index in [0.717, 1.165) is 18.2 Å². The molecule has 0 aliphatic heterocycles. The van der Waals surface area contributed by atoms with Gasteiger partial charge in [-0.25, -0.2) is 4.39 Å². The molecule has 0 aliphatic carbocycles. The molecular formula is C14H8ClFN2O3. The van der Waals surface area contributed by atoms with Crippen molar-refractivity contribution >= 4 is 17.3 Å². The normalized spacial score (nSPS) is 9.95. The minimum atomic E-state index is -0.687. The van der Waals surface area contributed by atoms with Crippen LogP contribution in [0, 0.1) is 27.3 Å². The van der Waals surface area contributed by atoms with Crippen molar-refractivity contribution in [1.29, 1.82) is 5.26 Å². The van der Waals surface area contributed by atoms with Crippen LogP contribution in [0.15, 0.2) is 36.4 Å². The number of hydrogen-bond acceptors (Lipinski definition) is 4. The third-order valence-electron chi connectivity index (χ3n) is 2.66. The summed E-state index contributed by atoms with van der Waals surface area (Å²) in [5.41, 5.74) is 0.475. The van der Waals surface area contributed by atoms with Crippen molar-refractivity contribution in [2.24, 2.45) is 0 Å². The summed E-state index contributed by atoms with van der Waals surface area (Å²) in [6.07, 6.45) is 0. The smallest absolute Gasteiger partial charge is 0.311 e. The average molecular weight is 307 g/mol. The second-order valence-corrected chi connectivity index (χ2v) is 4.31. The van der Waals surface area contributed by atoms with E-state index in [0.29, 0.717) is 5.56 Å². The van der Waals surface area contributed by atoms with Crippen LogP contribution in [0.1, 0.15) is 11.1 Å². The molecule has 0 N–H and O–H groups in total. The molecule has 7 heteroatoms. The van der Waals surface area contributed by atoms with E-state index in [9.17, 15) is 14.5 Å². The highest BCUT2D eigenvalue weighted by atomic mass is 35.5. The van der Waals surface area contributed by atoms with Crippen molar-refractivity contribution in [3.05, 3.63) is 63.5 Å². The Morgan fingerprint density at radius 1 is 1.29 bits per heavy atom. The molecule has 0 saturated carbocycles. The van der Waals surface area contributed by atoms with Gasteiger partial charge in [0.15, 0.2) is 0 Å². The summed E-state index contributed by atoms with van der Waals surface area (Å²) in [7, 11) is 0. The summed E-state index contributed by atoms with van der Waals surface area (Å²) in [5, 5.41) is 20.0. The minimum Gasteiger partial charge on any atom is -0.449 e. The third-order valence-corrected chi connectivity index (χ3v) is 2.97. The van der Waals surface area contributed by atoms with Crippen molar-refractivity contribution in [3.63, 3.8) is 0 Å². The molecule has 0 fully saturated rings. The van der Waals surface area contributed by atoms with Crippen molar-refractivity contribution in [2.75, 3.05) is 0 Å². The second-order valence-electron chi connectivity index (χ2n) is 4.05. The SMILES string of the molecule is N#Cc1cc(CCl)ccc1Oc1cc(F)ccc1[N+](=O)[O-]. The molecule has 106 valence electrons. The van der Waals surface area contributed by atoms with Crippen LogP contribution < -0.4 is 4.74 Å². The fraction of sp³-hybridized carbons (Fsp3) is 0.0714. The third kappa shape index (κ3) is 3.27. The molecule has 2 rings (SSSR count). The Hall–Kier alpha value is -2.65. The average Bonchev–Trinajstić information content (AvgIpc) is 2.47. The molecule has 5 nitrogen and oxygen atoms in total. The molecule has 0 aliphatic rings. The number of nitro benzene ring substituents is 1. The first-order chi connectivity index (χ1) is 10.0. The molecule has 0 atom stereocenters. The van der Waals surface area contributed by atoms with E-state index >= 15 is 0 Å². The van der Waals surface area contributed by atoms with E-state index in [2.05, 4.69) is 0 Å². The van der Waals surface area contributed by atoms with Gasteiger partial charge >= 0.3 is 5.69 Å². The van der Waals surface area contributed by atoms with Gasteiger partial charge in [0.05, 0.1) is 10.5 Å². The number of benzene rings is 2. The summed E-state index contributed by atoms with van der Waals surface area (Å²) < 4.78 is 18.6. The van der Waals surface area contributed by atoms with Gasteiger partial charge in [-0.15, -0.1) is 11.6 Å². The predicted octanol–water partition coefficient (Wildman–Crippen LogP) is 4.14. The molecule has 0 heterocycles. The highest BCUT2D eigenvalue weighted by Gasteiger charge is 2.18. The molecule has 0 bridgehead atoms. The van der Waals surface area contributed by atoms with Crippen molar-refractivity contribution in [1.82, 2.24) is 0 Å². The lowest BCUT2D eigenvalue weighted by molar-refractivity contribution is -0.385. The standard InChI is InChI=1S/C14H8ClFN2O3/c15-7-9-1-4-13(10(5-9)8-17)21-14-6-11(16)2-3-12(14)18(19)20/h1-6H,7H2. The molecule has 0 aromatic heterocycles. The van der Waals surface area contributed by atoms with Gasteiger partial charge in [0.25, 0.3) is 0 Å². The van der Waals surface area contributed by atoms with E-state index in [1.165, 1.54) is 12.1 Å². The van der Waals surface area contributed by atoms with Crippen LogP contribution in [0.4, 0.5) is 10.1 Å². The Balaban J connectivity index is 2.45. The summed E-state index contributed by atoms with van der Waals surface area (Å²) in [4.78, 5) is 10.2. The van der Waals surface area contributed by atoms with E-state index in [1.54, 1.807) is 6.07 Å². The number of nitriles is 1. The highest BCUT2D eigenvalue weighted by Crippen LogP contribution is 2.33. The number of halogens is 2. The van der Waals surface area contributed by atoms with Crippen LogP contribution in [-0.2, 0) is 5.88 Å². The zero-order chi connectivity index (χ0) is 15.4. The van der Waals surface area contributed by atoms with E-state index in [1.807, 2.05) is 6.07 Å². The monoisotopic (exact) mass is 306 g/mol. The highest BCUT2D eigenvalue weighted by molar-refractivity contribution is 6.17. The van der Waals surface area contributed by atoms with Crippen LogP contribution in [0.3, 0.4) is 0 Å². The fourth-order valence-corrected chi connectivity index (χ4v) is 1.84. The zero-order valence-corrected chi connectivity index (χ0v) is 11.3. The number of nitro groups is 1. The van der Waals surface area contributed by atoms with Gasteiger partial charge in [-0.1, -0.05) is 6.07 Å². The number of hydrogen-bond donors (Lipinski definition) is 0. The van der Waals surface area contributed by atoms with Gasteiger partial charge in [0.1, 0.15) is 17.6 Å². The fourth-order valence-electron chi connectivity index (χ4n) is 1.68. The van der Waals surface area contributed by atoms with E-state index in [4.69, 9.17) is 21.6 Å². The maximum absolute atomic E-state index is 13.2. The lowest BCUT2D eigenvalue weighted by Gasteiger charge is -2.08. The minimum absolute atomic E-state index is 0.0973. The van der Waals surface area contributed by atoms with Gasteiger partial charge in [-0.05, 0) is 23.8 Å². The van der Waals surface area contributed by atoms with Crippen LogP contribution in [0.25, 0.3) is 0 Å². The molecule has 0 saturated heterocycles. The molecule has 2 aromatic carbocycles. The second kappa shape index (κ2) is 6.20. The number of alkyl halides is 1.